The van der Waals surface area contributed by atoms with Crippen LogP contribution in [0.5, 0.6) is 0 Å². The van der Waals surface area contributed by atoms with Gasteiger partial charge in [0.25, 0.3) is 5.91 Å². The van der Waals surface area contributed by atoms with Crippen LogP contribution in [-0.2, 0) is 4.74 Å². The van der Waals surface area contributed by atoms with E-state index in [0.29, 0.717) is 41.6 Å². The van der Waals surface area contributed by atoms with Gasteiger partial charge in [0.2, 0.25) is 0 Å². The van der Waals surface area contributed by atoms with Gasteiger partial charge in [0.1, 0.15) is 23.3 Å². The number of carbonyl (C=O) groups excluding carboxylic acids is 2. The summed E-state index contributed by atoms with van der Waals surface area (Å²) in [5.41, 5.74) is 7.12. The summed E-state index contributed by atoms with van der Waals surface area (Å²) in [6.45, 7) is 6.32. The van der Waals surface area contributed by atoms with Crippen molar-refractivity contribution in [3.05, 3.63) is 36.3 Å². The van der Waals surface area contributed by atoms with Gasteiger partial charge < -0.3 is 19.8 Å². The molecule has 5 rings (SSSR count). The largest absolute Gasteiger partial charge is 0.444 e. The van der Waals surface area contributed by atoms with E-state index in [2.05, 4.69) is 25.4 Å². The summed E-state index contributed by atoms with van der Waals surface area (Å²) in [5, 5.41) is 7.49. The molecule has 0 spiro atoms. The SMILES string of the molecule is CC(C)(C)OC(=O)N1CC[C@H](n2nc(C(=O)Nc3nc4ccccc4o3)c3c(N)ncnc32)C1. The molecule has 3 aromatic heterocycles. The Bertz CT molecular complexity index is 1370. The van der Waals surface area contributed by atoms with Crippen molar-refractivity contribution in [3.63, 3.8) is 0 Å². The number of fused-ring (bicyclic) bond motifs is 2. The van der Waals surface area contributed by atoms with Gasteiger partial charge in [-0.05, 0) is 39.3 Å². The van der Waals surface area contributed by atoms with Crippen LogP contribution in [0.3, 0.4) is 0 Å². The Kier molecular flexibility index (Phi) is 5.07. The number of nitrogens with two attached hydrogens (primary N) is 1. The second-order valence-electron chi connectivity index (χ2n) is 9.06. The highest BCUT2D eigenvalue weighted by molar-refractivity contribution is 6.12. The first-order valence-corrected chi connectivity index (χ1v) is 10.8. The first-order chi connectivity index (χ1) is 16.2. The summed E-state index contributed by atoms with van der Waals surface area (Å²) in [6, 6.07) is 7.00. The standard InChI is InChI=1S/C22H24N8O4/c1-22(2,3)34-21(32)29-9-8-12(10-29)30-18-15(17(23)24-11-25-18)16(28-30)19(31)27-20-26-13-6-4-5-7-14(13)33-20/h4-7,11-12H,8-10H2,1-3H3,(H2,23,24,25)(H,26,27,31)/t12-/m0/s1. The second-order valence-corrected chi connectivity index (χ2v) is 9.06. The maximum Gasteiger partial charge on any atom is 0.410 e. The Morgan fingerprint density at radius 2 is 2.03 bits per heavy atom. The van der Waals surface area contributed by atoms with E-state index in [4.69, 9.17) is 14.9 Å². The number of anilines is 2. The predicted molar refractivity (Wildman–Crippen MR) is 123 cm³/mol. The topological polar surface area (TPSA) is 154 Å². The van der Waals surface area contributed by atoms with Crippen LogP contribution < -0.4 is 11.1 Å². The van der Waals surface area contributed by atoms with Crippen molar-refractivity contribution < 1.29 is 18.7 Å². The molecular formula is C22H24N8O4. The van der Waals surface area contributed by atoms with E-state index in [0.717, 1.165) is 0 Å². The third kappa shape index (κ3) is 3.98. The molecule has 1 atom stereocenters. The van der Waals surface area contributed by atoms with Crippen LogP contribution in [-0.4, -0.2) is 60.3 Å². The molecule has 1 aliphatic rings. The molecule has 1 saturated heterocycles. The van der Waals surface area contributed by atoms with Gasteiger partial charge in [-0.2, -0.15) is 10.1 Å². The van der Waals surface area contributed by atoms with E-state index < -0.39 is 17.6 Å². The van der Waals surface area contributed by atoms with E-state index in [9.17, 15) is 9.59 Å². The van der Waals surface area contributed by atoms with E-state index >= 15 is 0 Å². The van der Waals surface area contributed by atoms with Gasteiger partial charge in [-0.25, -0.2) is 19.4 Å². The Morgan fingerprint density at radius 3 is 2.79 bits per heavy atom. The number of rotatable bonds is 3. The number of amides is 2. The van der Waals surface area contributed by atoms with Crippen molar-refractivity contribution in [1.82, 2.24) is 29.6 Å². The van der Waals surface area contributed by atoms with Crippen molar-refractivity contribution in [2.45, 2.75) is 38.8 Å². The molecule has 0 saturated carbocycles. The fourth-order valence-electron chi connectivity index (χ4n) is 3.92. The summed E-state index contributed by atoms with van der Waals surface area (Å²) in [7, 11) is 0. The summed E-state index contributed by atoms with van der Waals surface area (Å²) >= 11 is 0. The molecule has 0 bridgehead atoms. The molecule has 34 heavy (non-hydrogen) atoms. The monoisotopic (exact) mass is 464 g/mol. The first kappa shape index (κ1) is 21.6. The van der Waals surface area contributed by atoms with Crippen LogP contribution in [0.1, 0.15) is 43.7 Å². The normalized spacial score (nSPS) is 16.3. The molecule has 3 N–H and O–H groups in total. The fraction of sp³-hybridized carbons (Fsp3) is 0.364. The molecule has 0 aliphatic carbocycles. The lowest BCUT2D eigenvalue weighted by Gasteiger charge is -2.24. The number of nitrogens with one attached hydrogen (secondary N) is 1. The number of nitrogens with zero attached hydrogens (tertiary/aromatic N) is 6. The molecule has 1 aliphatic heterocycles. The predicted octanol–water partition coefficient (Wildman–Crippen LogP) is 2.98. The Balaban J connectivity index is 1.44. The number of aromatic nitrogens is 5. The zero-order valence-electron chi connectivity index (χ0n) is 19.0. The number of carbonyl (C=O) groups is 2. The number of hydrogen-bond donors (Lipinski definition) is 2. The summed E-state index contributed by atoms with van der Waals surface area (Å²) in [4.78, 5) is 39.9. The molecule has 0 unspecified atom stereocenters. The fourth-order valence-corrected chi connectivity index (χ4v) is 3.92. The lowest BCUT2D eigenvalue weighted by atomic mass is 10.2. The minimum Gasteiger partial charge on any atom is -0.444 e. The highest BCUT2D eigenvalue weighted by Gasteiger charge is 2.34. The van der Waals surface area contributed by atoms with E-state index in [1.165, 1.54) is 6.33 Å². The average molecular weight is 464 g/mol. The van der Waals surface area contributed by atoms with Crippen LogP contribution in [0.2, 0.25) is 0 Å². The quantitative estimate of drug-likeness (QED) is 0.465. The summed E-state index contributed by atoms with van der Waals surface area (Å²) in [5.74, 6) is -0.431. The number of para-hydroxylation sites is 2. The van der Waals surface area contributed by atoms with Crippen LogP contribution in [0, 0.1) is 0 Å². The number of oxazole rings is 1. The molecular weight excluding hydrogens is 440 g/mol. The number of likely N-dealkylation sites (tertiary alicyclic amines) is 1. The van der Waals surface area contributed by atoms with E-state index in [-0.39, 0.29) is 23.6 Å². The van der Waals surface area contributed by atoms with Gasteiger partial charge in [-0.1, -0.05) is 12.1 Å². The highest BCUT2D eigenvalue weighted by Crippen LogP contribution is 2.30. The summed E-state index contributed by atoms with van der Waals surface area (Å²) < 4.78 is 12.7. The van der Waals surface area contributed by atoms with Crippen LogP contribution >= 0.6 is 0 Å². The van der Waals surface area contributed by atoms with Crippen LogP contribution in [0.15, 0.2) is 35.0 Å². The van der Waals surface area contributed by atoms with E-state index in [1.807, 2.05) is 32.9 Å². The zero-order valence-corrected chi connectivity index (χ0v) is 19.0. The molecule has 2 amide bonds. The Labute approximate surface area is 194 Å². The van der Waals surface area contributed by atoms with Crippen molar-refractivity contribution >= 4 is 46.0 Å². The number of ether oxygens (including phenoxy) is 1. The number of hydrogen-bond acceptors (Lipinski definition) is 9. The molecule has 1 aromatic carbocycles. The lowest BCUT2D eigenvalue weighted by molar-refractivity contribution is 0.0288. The zero-order chi connectivity index (χ0) is 24.0. The number of benzene rings is 1. The minimum absolute atomic E-state index is 0.0429. The Hall–Kier alpha value is -4.22. The van der Waals surface area contributed by atoms with Gasteiger partial charge in [0.15, 0.2) is 16.9 Å². The lowest BCUT2D eigenvalue weighted by Crippen LogP contribution is -2.35. The second kappa shape index (κ2) is 7.97. The van der Waals surface area contributed by atoms with Gasteiger partial charge in [0, 0.05) is 13.1 Å². The molecule has 4 heterocycles. The van der Waals surface area contributed by atoms with Gasteiger partial charge >= 0.3 is 12.1 Å². The Morgan fingerprint density at radius 1 is 1.24 bits per heavy atom. The maximum absolute atomic E-state index is 13.1. The van der Waals surface area contributed by atoms with Crippen molar-refractivity contribution in [2.24, 2.45) is 0 Å². The van der Waals surface area contributed by atoms with Crippen molar-refractivity contribution in [3.8, 4) is 0 Å². The molecule has 176 valence electrons. The van der Waals surface area contributed by atoms with Gasteiger partial charge in [-0.15, -0.1) is 0 Å². The smallest absolute Gasteiger partial charge is 0.410 e. The molecule has 1 fully saturated rings. The van der Waals surface area contributed by atoms with Crippen molar-refractivity contribution in [1.29, 1.82) is 0 Å². The average Bonchev–Trinajstić information content (AvgIpc) is 3.49. The van der Waals surface area contributed by atoms with Crippen LogP contribution in [0.4, 0.5) is 16.6 Å². The van der Waals surface area contributed by atoms with Crippen LogP contribution in [0.25, 0.3) is 22.1 Å². The first-order valence-electron chi connectivity index (χ1n) is 10.8. The molecule has 0 radical (unpaired) electrons. The molecule has 12 nitrogen and oxygen atoms in total. The highest BCUT2D eigenvalue weighted by atomic mass is 16.6. The minimum atomic E-state index is -0.592. The van der Waals surface area contributed by atoms with Gasteiger partial charge in [-0.3, -0.25) is 10.1 Å². The maximum atomic E-state index is 13.1. The third-order valence-corrected chi connectivity index (χ3v) is 5.41. The summed E-state index contributed by atoms with van der Waals surface area (Å²) in [6.07, 6.45) is 1.54. The number of nitrogen functional groups attached to an aromatic ring is 1. The van der Waals surface area contributed by atoms with Gasteiger partial charge in [0.05, 0.1) is 11.4 Å². The third-order valence-electron chi connectivity index (χ3n) is 5.41. The molecule has 12 heteroatoms. The van der Waals surface area contributed by atoms with E-state index in [1.54, 1.807) is 21.7 Å². The van der Waals surface area contributed by atoms with Crippen molar-refractivity contribution in [2.75, 3.05) is 24.1 Å². The molecule has 4 aromatic rings.